The Kier molecular flexibility index (Phi) is 6.01. The third-order valence-corrected chi connectivity index (χ3v) is 3.37. The highest BCUT2D eigenvalue weighted by atomic mass is 16.5. The van der Waals surface area contributed by atoms with Gasteiger partial charge in [0, 0.05) is 18.8 Å². The highest BCUT2D eigenvalue weighted by Crippen LogP contribution is 2.30. The number of benzene rings is 1. The quantitative estimate of drug-likeness (QED) is 0.816. The van der Waals surface area contributed by atoms with Crippen LogP contribution in [-0.4, -0.2) is 31.7 Å². The molecule has 0 aliphatic rings. The number of pyridine rings is 1. The lowest BCUT2D eigenvalue weighted by Gasteiger charge is -2.12. The molecule has 0 saturated carbocycles. The van der Waals surface area contributed by atoms with Crippen molar-refractivity contribution in [3.63, 3.8) is 0 Å². The lowest BCUT2D eigenvalue weighted by Crippen LogP contribution is -2.27. The smallest absolute Gasteiger partial charge is 0.252 e. The Morgan fingerprint density at radius 1 is 1.17 bits per heavy atom. The zero-order valence-electron chi connectivity index (χ0n) is 14.4. The molecule has 0 aliphatic carbocycles. The van der Waals surface area contributed by atoms with Gasteiger partial charge in [0.2, 0.25) is 0 Å². The molecule has 2 rings (SSSR count). The molecule has 6 heteroatoms. The Balaban J connectivity index is 2.08. The lowest BCUT2D eigenvalue weighted by molar-refractivity contribution is 0.0948. The van der Waals surface area contributed by atoms with E-state index in [0.29, 0.717) is 35.3 Å². The van der Waals surface area contributed by atoms with Crippen molar-refractivity contribution in [1.29, 1.82) is 0 Å². The average Bonchev–Trinajstić information content (AvgIpc) is 2.60. The van der Waals surface area contributed by atoms with Crippen molar-refractivity contribution in [3.05, 3.63) is 42.1 Å². The minimum Gasteiger partial charge on any atom is -0.497 e. The van der Waals surface area contributed by atoms with E-state index in [1.54, 1.807) is 38.6 Å². The van der Waals surface area contributed by atoms with Crippen molar-refractivity contribution < 1.29 is 14.3 Å². The average molecular weight is 329 g/mol. The number of carbonyl (C=O) groups excluding carboxylic acids is 1. The molecule has 0 spiro atoms. The van der Waals surface area contributed by atoms with Crippen LogP contribution in [0, 0.1) is 5.92 Å². The van der Waals surface area contributed by atoms with Crippen LogP contribution in [0.5, 0.6) is 11.5 Å². The van der Waals surface area contributed by atoms with E-state index < -0.39 is 0 Å². The molecule has 6 nitrogen and oxygen atoms in total. The number of carbonyl (C=O) groups is 1. The van der Waals surface area contributed by atoms with Crippen LogP contribution in [0.15, 0.2) is 36.5 Å². The van der Waals surface area contributed by atoms with E-state index >= 15 is 0 Å². The second kappa shape index (κ2) is 8.19. The number of hydrogen-bond donors (Lipinski definition) is 2. The molecule has 128 valence electrons. The summed E-state index contributed by atoms with van der Waals surface area (Å²) in [6.07, 6.45) is 1.55. The van der Waals surface area contributed by atoms with Gasteiger partial charge in [0.15, 0.2) is 0 Å². The highest BCUT2D eigenvalue weighted by molar-refractivity contribution is 5.94. The standard InChI is InChI=1S/C18H23N3O3/c1-12(2)10-20-18(22)13-5-8-17(19-11-13)21-15-7-6-14(23-3)9-16(15)24-4/h5-9,11-12H,10H2,1-4H3,(H,19,21)(H,20,22). The zero-order valence-corrected chi connectivity index (χ0v) is 14.4. The van der Waals surface area contributed by atoms with Gasteiger partial charge in [0.05, 0.1) is 25.5 Å². The fourth-order valence-corrected chi connectivity index (χ4v) is 2.04. The lowest BCUT2D eigenvalue weighted by atomic mass is 10.2. The van der Waals surface area contributed by atoms with Gasteiger partial charge in [-0.1, -0.05) is 13.8 Å². The second-order valence-corrected chi connectivity index (χ2v) is 5.73. The summed E-state index contributed by atoms with van der Waals surface area (Å²) in [7, 11) is 3.20. The number of rotatable bonds is 7. The van der Waals surface area contributed by atoms with Crippen LogP contribution < -0.4 is 20.1 Å². The maximum absolute atomic E-state index is 12.0. The van der Waals surface area contributed by atoms with Gasteiger partial charge in [-0.2, -0.15) is 0 Å². The molecule has 0 unspecified atom stereocenters. The summed E-state index contributed by atoms with van der Waals surface area (Å²) in [6.45, 7) is 4.74. The molecule has 0 radical (unpaired) electrons. The van der Waals surface area contributed by atoms with E-state index in [2.05, 4.69) is 15.6 Å². The Bertz CT molecular complexity index is 684. The predicted molar refractivity (Wildman–Crippen MR) is 94.2 cm³/mol. The fraction of sp³-hybridized carbons (Fsp3) is 0.333. The zero-order chi connectivity index (χ0) is 17.5. The van der Waals surface area contributed by atoms with Gasteiger partial charge in [-0.25, -0.2) is 4.98 Å². The van der Waals surface area contributed by atoms with Crippen molar-refractivity contribution >= 4 is 17.4 Å². The van der Waals surface area contributed by atoms with Crippen LogP contribution in [0.4, 0.5) is 11.5 Å². The maximum atomic E-state index is 12.0. The van der Waals surface area contributed by atoms with Gasteiger partial charge in [0.25, 0.3) is 5.91 Å². The van der Waals surface area contributed by atoms with Crippen LogP contribution in [-0.2, 0) is 0 Å². The summed E-state index contributed by atoms with van der Waals surface area (Å²) < 4.78 is 10.5. The number of aromatic nitrogens is 1. The van der Waals surface area contributed by atoms with Crippen LogP contribution in [0.1, 0.15) is 24.2 Å². The molecule has 0 fully saturated rings. The maximum Gasteiger partial charge on any atom is 0.252 e. The number of nitrogens with zero attached hydrogens (tertiary/aromatic N) is 1. The van der Waals surface area contributed by atoms with Gasteiger partial charge in [0.1, 0.15) is 17.3 Å². The first-order valence-electron chi connectivity index (χ1n) is 7.76. The van der Waals surface area contributed by atoms with Gasteiger partial charge < -0.3 is 20.1 Å². The minimum atomic E-state index is -0.121. The van der Waals surface area contributed by atoms with Gasteiger partial charge >= 0.3 is 0 Å². The molecule has 24 heavy (non-hydrogen) atoms. The van der Waals surface area contributed by atoms with Gasteiger partial charge in [-0.05, 0) is 30.2 Å². The Morgan fingerprint density at radius 3 is 2.54 bits per heavy atom. The molecular weight excluding hydrogens is 306 g/mol. The largest absolute Gasteiger partial charge is 0.497 e. The first-order chi connectivity index (χ1) is 11.5. The normalized spacial score (nSPS) is 10.4. The van der Waals surface area contributed by atoms with Crippen molar-refractivity contribution in [2.75, 3.05) is 26.1 Å². The summed E-state index contributed by atoms with van der Waals surface area (Å²) in [5.74, 6) is 2.27. The van der Waals surface area contributed by atoms with Crippen LogP contribution >= 0.6 is 0 Å². The van der Waals surface area contributed by atoms with Gasteiger partial charge in [-0.3, -0.25) is 4.79 Å². The molecule has 2 aromatic rings. The summed E-state index contributed by atoms with van der Waals surface area (Å²) in [4.78, 5) is 16.3. The molecule has 1 heterocycles. The van der Waals surface area contributed by atoms with E-state index in [9.17, 15) is 4.79 Å². The van der Waals surface area contributed by atoms with Crippen molar-refractivity contribution in [1.82, 2.24) is 10.3 Å². The molecular formula is C18H23N3O3. The monoisotopic (exact) mass is 329 g/mol. The fourth-order valence-electron chi connectivity index (χ4n) is 2.04. The Hall–Kier alpha value is -2.76. The summed E-state index contributed by atoms with van der Waals surface area (Å²) in [6, 6.07) is 8.96. The number of methoxy groups -OCH3 is 2. The number of nitrogens with one attached hydrogen (secondary N) is 2. The second-order valence-electron chi connectivity index (χ2n) is 5.73. The first-order valence-corrected chi connectivity index (χ1v) is 7.76. The number of hydrogen-bond acceptors (Lipinski definition) is 5. The van der Waals surface area contributed by atoms with Crippen molar-refractivity contribution in [2.45, 2.75) is 13.8 Å². The minimum absolute atomic E-state index is 0.121. The molecule has 1 aromatic heterocycles. The van der Waals surface area contributed by atoms with Gasteiger partial charge in [-0.15, -0.1) is 0 Å². The number of amides is 1. The molecule has 1 aromatic carbocycles. The molecule has 0 bridgehead atoms. The highest BCUT2D eigenvalue weighted by Gasteiger charge is 2.09. The molecule has 1 amide bonds. The van der Waals surface area contributed by atoms with E-state index in [-0.39, 0.29) is 5.91 Å². The Labute approximate surface area is 142 Å². The van der Waals surface area contributed by atoms with E-state index in [1.807, 2.05) is 26.0 Å². The van der Waals surface area contributed by atoms with Crippen molar-refractivity contribution in [2.24, 2.45) is 5.92 Å². The van der Waals surface area contributed by atoms with Crippen molar-refractivity contribution in [3.8, 4) is 11.5 Å². The molecule has 0 atom stereocenters. The van der Waals surface area contributed by atoms with E-state index in [0.717, 1.165) is 5.69 Å². The van der Waals surface area contributed by atoms with E-state index in [1.165, 1.54) is 0 Å². The summed E-state index contributed by atoms with van der Waals surface area (Å²) in [5.41, 5.74) is 1.30. The molecule has 0 aliphatic heterocycles. The van der Waals surface area contributed by atoms with Crippen LogP contribution in [0.25, 0.3) is 0 Å². The Morgan fingerprint density at radius 2 is 1.96 bits per heavy atom. The predicted octanol–water partition coefficient (Wildman–Crippen LogP) is 3.23. The third kappa shape index (κ3) is 4.62. The van der Waals surface area contributed by atoms with Crippen LogP contribution in [0.2, 0.25) is 0 Å². The SMILES string of the molecule is COc1ccc(Nc2ccc(C(=O)NCC(C)C)cn2)c(OC)c1. The van der Waals surface area contributed by atoms with E-state index in [4.69, 9.17) is 9.47 Å². The number of anilines is 2. The third-order valence-electron chi connectivity index (χ3n) is 3.37. The molecule has 2 N–H and O–H groups in total. The summed E-state index contributed by atoms with van der Waals surface area (Å²) >= 11 is 0. The first kappa shape index (κ1) is 17.6. The number of ether oxygens (including phenoxy) is 2. The molecule has 0 saturated heterocycles. The topological polar surface area (TPSA) is 72.5 Å². The van der Waals surface area contributed by atoms with Crippen LogP contribution in [0.3, 0.4) is 0 Å². The summed E-state index contributed by atoms with van der Waals surface area (Å²) in [5, 5.41) is 6.03.